The summed E-state index contributed by atoms with van der Waals surface area (Å²) < 4.78 is 28.4. The Morgan fingerprint density at radius 1 is 0.965 bits per heavy atom. The van der Waals surface area contributed by atoms with Crippen LogP contribution in [-0.4, -0.2) is 91.0 Å². The molecule has 14 heteroatoms. The molecule has 1 saturated carbocycles. The summed E-state index contributed by atoms with van der Waals surface area (Å²) in [5, 5.41) is 11.3. The summed E-state index contributed by atoms with van der Waals surface area (Å²) in [4.78, 5) is 71.2. The van der Waals surface area contributed by atoms with Crippen LogP contribution in [-0.2, 0) is 48.6 Å². The van der Waals surface area contributed by atoms with Gasteiger partial charge >= 0.3 is 6.03 Å². The molecule has 1 saturated heterocycles. The van der Waals surface area contributed by atoms with Crippen LogP contribution in [0.5, 0.6) is 0 Å². The van der Waals surface area contributed by atoms with E-state index in [0.717, 1.165) is 24.0 Å². The molecule has 2 aliphatic heterocycles. The van der Waals surface area contributed by atoms with E-state index in [1.165, 1.54) is 10.4 Å². The van der Waals surface area contributed by atoms with Gasteiger partial charge in [-0.25, -0.2) is 13.2 Å². The number of carbonyl (C=O) groups excluding carboxylic acids is 5. The molecule has 2 aromatic carbocycles. The van der Waals surface area contributed by atoms with Gasteiger partial charge in [0.2, 0.25) is 27.6 Å². The van der Waals surface area contributed by atoms with Gasteiger partial charge in [0.15, 0.2) is 0 Å². The molecule has 5 amide bonds. The van der Waals surface area contributed by atoms with Crippen molar-refractivity contribution in [1.82, 2.24) is 30.5 Å². The molecule has 2 aromatic rings. The van der Waals surface area contributed by atoms with Gasteiger partial charge in [0, 0.05) is 38.6 Å². The molecule has 13 nitrogen and oxygen atoms in total. The Hall–Kier alpha value is -5.00. The number of fused-ring (bicyclic) bond motifs is 3. The lowest BCUT2D eigenvalue weighted by Gasteiger charge is -2.36. The molecular weight excluding hydrogens is 745 g/mol. The van der Waals surface area contributed by atoms with Crippen LogP contribution in [0.3, 0.4) is 0 Å². The Balaban J connectivity index is 1.25. The average Bonchev–Trinajstić information content (AvgIpc) is 3.95. The summed E-state index contributed by atoms with van der Waals surface area (Å²) in [5.41, 5.74) is 2.27. The number of amides is 5. The minimum Gasteiger partial charge on any atom is -0.346 e. The monoisotopic (exact) mass is 798 g/mol. The summed E-state index contributed by atoms with van der Waals surface area (Å²) in [7, 11) is -3.77. The van der Waals surface area contributed by atoms with Crippen LogP contribution in [0, 0.1) is 35.5 Å². The van der Waals surface area contributed by atoms with Crippen molar-refractivity contribution in [1.29, 1.82) is 0 Å². The summed E-state index contributed by atoms with van der Waals surface area (Å²) >= 11 is 0. The number of sulfonamides is 1. The van der Waals surface area contributed by atoms with Crippen molar-refractivity contribution in [2.75, 3.05) is 19.6 Å². The first-order valence-electron chi connectivity index (χ1n) is 19.8. The Morgan fingerprint density at radius 3 is 2.26 bits per heavy atom. The number of benzene rings is 2. The second-order valence-corrected chi connectivity index (χ2v) is 18.7. The van der Waals surface area contributed by atoms with Crippen molar-refractivity contribution < 1.29 is 32.4 Å². The van der Waals surface area contributed by atoms with Crippen LogP contribution >= 0.6 is 0 Å². The fraction of sp³-hybridized carbons (Fsp3) is 0.512. The highest BCUT2D eigenvalue weighted by Crippen LogP contribution is 2.43. The second kappa shape index (κ2) is 17.2. The van der Waals surface area contributed by atoms with E-state index in [-0.39, 0.29) is 55.1 Å². The maximum Gasteiger partial charge on any atom is 0.315 e. The van der Waals surface area contributed by atoms with Crippen LogP contribution in [0.2, 0.25) is 0 Å². The largest absolute Gasteiger partial charge is 0.346 e. The van der Waals surface area contributed by atoms with Gasteiger partial charge in [-0.3, -0.25) is 19.2 Å². The number of likely N-dealkylation sites (tertiary alicyclic amines) is 1. The first-order chi connectivity index (χ1) is 27.1. The standard InChI is InChI=1S/C43H54N6O7S/c1-6-8-19-33(38(50)40(52)44-21-7-2)45-39(51)37-32-18-13-17-29(32)25-49(37)41(53)36(31-22-27-14-9-10-15-28(27)23-31)47-42(54)46-35(43(3,4)5)26-48-24-30-16-11-12-20-34(30)57(48,55)56/h1,7,9-12,14-16,20,29,31-33,35-37H,2,8,13,17-19,21-26H2,3-5H3,(H,44,52)(H,45,51)(H2,46,47,54)/t29-,32-,33?,35+,36-,37-/m0/s1. The van der Waals surface area contributed by atoms with Gasteiger partial charge in [-0.15, -0.1) is 18.9 Å². The van der Waals surface area contributed by atoms with Crippen LogP contribution < -0.4 is 21.3 Å². The number of urea groups is 1. The highest BCUT2D eigenvalue weighted by atomic mass is 32.2. The van der Waals surface area contributed by atoms with Crippen molar-refractivity contribution in [2.24, 2.45) is 23.2 Å². The number of carbonyl (C=O) groups is 5. The Bertz CT molecular complexity index is 2030. The molecule has 4 aliphatic rings. The van der Waals surface area contributed by atoms with Gasteiger partial charge in [-0.1, -0.05) is 75.7 Å². The number of hydrogen-bond donors (Lipinski definition) is 4. The molecule has 304 valence electrons. The number of hydrogen-bond acceptors (Lipinski definition) is 7. The van der Waals surface area contributed by atoms with Crippen LogP contribution in [0.25, 0.3) is 0 Å². The van der Waals surface area contributed by atoms with E-state index in [0.29, 0.717) is 31.4 Å². The molecule has 2 fully saturated rings. The van der Waals surface area contributed by atoms with Crippen molar-refractivity contribution in [2.45, 2.75) is 101 Å². The molecule has 57 heavy (non-hydrogen) atoms. The normalized spacial score (nSPS) is 22.6. The third kappa shape index (κ3) is 8.95. The number of terminal acetylenes is 1. The summed E-state index contributed by atoms with van der Waals surface area (Å²) in [6.45, 7) is 9.90. The first-order valence-corrected chi connectivity index (χ1v) is 21.3. The molecular formula is C43H54N6O7S. The predicted molar refractivity (Wildman–Crippen MR) is 215 cm³/mol. The van der Waals surface area contributed by atoms with Gasteiger partial charge in [0.1, 0.15) is 12.1 Å². The second-order valence-electron chi connectivity index (χ2n) is 16.8. The molecule has 0 aromatic heterocycles. The fourth-order valence-corrected chi connectivity index (χ4v) is 10.6. The predicted octanol–water partition coefficient (Wildman–Crippen LogP) is 3.09. The van der Waals surface area contributed by atoms with Gasteiger partial charge in [-0.05, 0) is 78.0 Å². The smallest absolute Gasteiger partial charge is 0.315 e. The van der Waals surface area contributed by atoms with E-state index in [9.17, 15) is 27.6 Å². The molecule has 2 heterocycles. The zero-order valence-corrected chi connectivity index (χ0v) is 33.8. The van der Waals surface area contributed by atoms with Gasteiger partial charge in [0.25, 0.3) is 5.91 Å². The third-order valence-corrected chi connectivity index (χ3v) is 14.0. The van der Waals surface area contributed by atoms with Crippen molar-refractivity contribution in [3.8, 4) is 12.3 Å². The lowest BCUT2D eigenvalue weighted by Crippen LogP contribution is -2.61. The van der Waals surface area contributed by atoms with Crippen LogP contribution in [0.1, 0.15) is 69.6 Å². The van der Waals surface area contributed by atoms with E-state index in [2.05, 4.69) is 33.8 Å². The Labute approximate surface area is 335 Å². The first kappa shape index (κ1) is 41.6. The quantitative estimate of drug-likeness (QED) is 0.129. The fourth-order valence-electron chi connectivity index (χ4n) is 8.96. The molecule has 2 aliphatic carbocycles. The SMILES string of the molecule is C#CCCC(NC(=O)[C@@H]1[C@H]2CCC[C@H]2CN1C(=O)[C@@H](NC(=O)N[C@H](CN1Cc2ccccc2S1(=O)=O)C(C)(C)C)C1Cc2ccccc2C1)C(=O)C(=O)NCC=C. The molecule has 4 N–H and O–H groups in total. The number of Topliss-reactive ketones (excluding diaryl/α,β-unsaturated/α-hetero) is 1. The number of nitrogens with zero attached hydrogens (tertiary/aromatic N) is 2. The summed E-state index contributed by atoms with van der Waals surface area (Å²) in [6, 6.07) is 10.3. The Morgan fingerprint density at radius 2 is 1.63 bits per heavy atom. The molecule has 6 rings (SSSR count). The molecule has 0 bridgehead atoms. The van der Waals surface area contributed by atoms with E-state index in [1.54, 1.807) is 29.2 Å². The molecule has 6 atom stereocenters. The summed E-state index contributed by atoms with van der Waals surface area (Å²) in [5.74, 6) is -0.625. The van der Waals surface area contributed by atoms with Crippen LogP contribution in [0.4, 0.5) is 4.79 Å². The number of ketones is 1. The average molecular weight is 799 g/mol. The van der Waals surface area contributed by atoms with E-state index in [1.807, 2.05) is 45.0 Å². The maximum atomic E-state index is 15.0. The maximum absolute atomic E-state index is 15.0. The van der Waals surface area contributed by atoms with Crippen molar-refractivity contribution >= 4 is 39.6 Å². The topological polar surface area (TPSA) is 174 Å². The zero-order chi connectivity index (χ0) is 41.1. The van der Waals surface area contributed by atoms with Crippen molar-refractivity contribution in [3.63, 3.8) is 0 Å². The van der Waals surface area contributed by atoms with Gasteiger partial charge in [-0.2, -0.15) is 4.31 Å². The highest BCUT2D eigenvalue weighted by Gasteiger charge is 2.52. The molecule has 0 spiro atoms. The van der Waals surface area contributed by atoms with Gasteiger partial charge < -0.3 is 26.2 Å². The molecule has 1 unspecified atom stereocenters. The highest BCUT2D eigenvalue weighted by molar-refractivity contribution is 7.89. The third-order valence-electron chi connectivity index (χ3n) is 12.1. The summed E-state index contributed by atoms with van der Waals surface area (Å²) in [6.07, 6.45) is 10.6. The lowest BCUT2D eigenvalue weighted by atomic mass is 9.86. The van der Waals surface area contributed by atoms with Gasteiger partial charge in [0.05, 0.1) is 10.9 Å². The van der Waals surface area contributed by atoms with E-state index in [4.69, 9.17) is 6.42 Å². The molecule has 0 radical (unpaired) electrons. The Kier molecular flexibility index (Phi) is 12.6. The van der Waals surface area contributed by atoms with Crippen LogP contribution in [0.15, 0.2) is 66.1 Å². The minimum atomic E-state index is -3.77. The van der Waals surface area contributed by atoms with Crippen molar-refractivity contribution in [3.05, 3.63) is 77.9 Å². The minimum absolute atomic E-state index is 0.0182. The van der Waals surface area contributed by atoms with E-state index >= 15 is 4.79 Å². The number of rotatable bonds is 14. The zero-order valence-electron chi connectivity index (χ0n) is 33.0. The lowest BCUT2D eigenvalue weighted by molar-refractivity contribution is -0.144. The number of nitrogens with one attached hydrogen (secondary N) is 4. The van der Waals surface area contributed by atoms with E-state index < -0.39 is 69.1 Å².